The van der Waals surface area contributed by atoms with Crippen molar-refractivity contribution in [3.8, 4) is 0 Å². The first-order valence-corrected chi connectivity index (χ1v) is 13.5. The van der Waals surface area contributed by atoms with Gasteiger partial charge >= 0.3 is 0 Å². The summed E-state index contributed by atoms with van der Waals surface area (Å²) in [4.78, 5) is 18.0. The molecular weight excluding hydrogens is 414 g/mol. The largest absolute Gasteiger partial charge is 0.393 e. The van der Waals surface area contributed by atoms with Crippen LogP contribution in [0.1, 0.15) is 85.0 Å². The third kappa shape index (κ3) is 4.67. The molecule has 3 saturated carbocycles. The quantitative estimate of drug-likeness (QED) is 0.300. The summed E-state index contributed by atoms with van der Waals surface area (Å²) in [6.45, 7) is 8.37. The second kappa shape index (κ2) is 9.99. The standard InChI is InChI=1S/C28H47NO4/c1-19(6-11-26(31)29(4)33-17-16-32-5)23-9-10-24-22-8-7-20-18-21(30)12-14-27(20,2)25(22)13-15-28(23,24)3/h7,19,21-25,30H,6,8-18H2,1-5H3/t19?,21-,22-,23+,24-,25-,27-,28+/m0/s1. The van der Waals surface area contributed by atoms with Crippen LogP contribution in [0.2, 0.25) is 0 Å². The van der Waals surface area contributed by atoms with Gasteiger partial charge in [0.15, 0.2) is 0 Å². The van der Waals surface area contributed by atoms with Crippen molar-refractivity contribution in [3.63, 3.8) is 0 Å². The van der Waals surface area contributed by atoms with Crippen LogP contribution in [-0.2, 0) is 14.4 Å². The van der Waals surface area contributed by atoms with E-state index in [0.29, 0.717) is 42.3 Å². The molecule has 0 aromatic carbocycles. The average molecular weight is 462 g/mol. The van der Waals surface area contributed by atoms with Crippen LogP contribution in [0.25, 0.3) is 0 Å². The number of methoxy groups -OCH3 is 1. The zero-order valence-electron chi connectivity index (χ0n) is 21.6. The Bertz CT molecular complexity index is 737. The number of carbonyl (C=O) groups excluding carboxylic acids is 1. The summed E-state index contributed by atoms with van der Waals surface area (Å²) in [5, 5.41) is 11.6. The fourth-order valence-electron chi connectivity index (χ4n) is 8.66. The van der Waals surface area contributed by atoms with Crippen LogP contribution in [-0.4, -0.2) is 49.6 Å². The highest BCUT2D eigenvalue weighted by Crippen LogP contribution is 2.67. The molecule has 4 rings (SSSR count). The van der Waals surface area contributed by atoms with Crippen molar-refractivity contribution in [2.45, 2.75) is 91.1 Å². The predicted molar refractivity (Wildman–Crippen MR) is 130 cm³/mol. The topological polar surface area (TPSA) is 59.0 Å². The number of hydrogen-bond donors (Lipinski definition) is 1. The van der Waals surface area contributed by atoms with Crippen molar-refractivity contribution < 1.29 is 19.5 Å². The summed E-state index contributed by atoms with van der Waals surface area (Å²) in [6, 6.07) is 0. The summed E-state index contributed by atoms with van der Waals surface area (Å²) in [5.74, 6) is 3.73. The minimum atomic E-state index is -0.126. The average Bonchev–Trinajstić information content (AvgIpc) is 3.15. The Morgan fingerprint density at radius 2 is 1.97 bits per heavy atom. The summed E-state index contributed by atoms with van der Waals surface area (Å²) in [6.07, 6.45) is 13.5. The van der Waals surface area contributed by atoms with Gasteiger partial charge < -0.3 is 9.84 Å². The molecule has 4 aliphatic carbocycles. The number of hydroxylamine groups is 2. The van der Waals surface area contributed by atoms with E-state index >= 15 is 0 Å². The lowest BCUT2D eigenvalue weighted by atomic mass is 9.47. The molecule has 188 valence electrons. The van der Waals surface area contributed by atoms with Gasteiger partial charge in [-0.15, -0.1) is 0 Å². The molecule has 8 atom stereocenters. The lowest BCUT2D eigenvalue weighted by Crippen LogP contribution is -2.50. The van der Waals surface area contributed by atoms with Gasteiger partial charge in [0.25, 0.3) is 0 Å². The third-order valence-electron chi connectivity index (χ3n) is 10.6. The van der Waals surface area contributed by atoms with Gasteiger partial charge in [-0.3, -0.25) is 9.63 Å². The van der Waals surface area contributed by atoms with Crippen LogP contribution in [0.15, 0.2) is 11.6 Å². The number of carbonyl (C=O) groups is 1. The highest BCUT2D eigenvalue weighted by atomic mass is 16.7. The summed E-state index contributed by atoms with van der Waals surface area (Å²) >= 11 is 0. The van der Waals surface area contributed by atoms with Crippen molar-refractivity contribution in [1.29, 1.82) is 0 Å². The fraction of sp³-hybridized carbons (Fsp3) is 0.893. The lowest BCUT2D eigenvalue weighted by molar-refractivity contribution is -0.182. The van der Waals surface area contributed by atoms with Gasteiger partial charge in [-0.25, -0.2) is 5.06 Å². The summed E-state index contributed by atoms with van der Waals surface area (Å²) < 4.78 is 5.00. The van der Waals surface area contributed by atoms with E-state index in [1.807, 2.05) is 0 Å². The van der Waals surface area contributed by atoms with Crippen LogP contribution >= 0.6 is 0 Å². The molecule has 0 heterocycles. The van der Waals surface area contributed by atoms with E-state index in [9.17, 15) is 9.90 Å². The molecule has 0 aliphatic heterocycles. The number of allylic oxidation sites excluding steroid dienone is 1. The van der Waals surface area contributed by atoms with Gasteiger partial charge in [0.2, 0.25) is 5.91 Å². The molecule has 3 fully saturated rings. The molecule has 33 heavy (non-hydrogen) atoms. The van der Waals surface area contributed by atoms with Crippen molar-refractivity contribution in [2.24, 2.45) is 40.4 Å². The van der Waals surface area contributed by atoms with Crippen LogP contribution in [0, 0.1) is 40.4 Å². The first-order valence-electron chi connectivity index (χ1n) is 13.5. The third-order valence-corrected chi connectivity index (χ3v) is 10.6. The number of hydrogen-bond acceptors (Lipinski definition) is 4. The van der Waals surface area contributed by atoms with E-state index in [1.165, 1.54) is 37.2 Å². The molecule has 0 bridgehead atoms. The van der Waals surface area contributed by atoms with E-state index in [1.54, 1.807) is 19.7 Å². The molecule has 0 aromatic rings. The van der Waals surface area contributed by atoms with Crippen LogP contribution in [0.3, 0.4) is 0 Å². The molecule has 0 spiro atoms. The van der Waals surface area contributed by atoms with Crippen molar-refractivity contribution in [3.05, 3.63) is 11.6 Å². The molecule has 4 aliphatic rings. The Balaban J connectivity index is 1.38. The molecule has 1 unspecified atom stereocenters. The van der Waals surface area contributed by atoms with E-state index in [-0.39, 0.29) is 12.0 Å². The fourth-order valence-corrected chi connectivity index (χ4v) is 8.66. The van der Waals surface area contributed by atoms with Crippen LogP contribution < -0.4 is 0 Å². The highest BCUT2D eigenvalue weighted by molar-refractivity contribution is 5.74. The first-order chi connectivity index (χ1) is 15.7. The number of amides is 1. The van der Waals surface area contributed by atoms with E-state index in [2.05, 4.69) is 26.8 Å². The molecule has 1 amide bonds. The van der Waals surface area contributed by atoms with Gasteiger partial charge in [-0.05, 0) is 98.2 Å². The monoisotopic (exact) mass is 461 g/mol. The number of ether oxygens (including phenoxy) is 1. The molecule has 5 nitrogen and oxygen atoms in total. The molecule has 1 N–H and O–H groups in total. The number of fused-ring (bicyclic) bond motifs is 5. The minimum absolute atomic E-state index is 0.0683. The van der Waals surface area contributed by atoms with Gasteiger partial charge in [-0.1, -0.05) is 32.4 Å². The second-order valence-electron chi connectivity index (χ2n) is 12.1. The Hall–Kier alpha value is -0.910. The van der Waals surface area contributed by atoms with Gasteiger partial charge in [0.05, 0.1) is 19.3 Å². The van der Waals surface area contributed by atoms with Gasteiger partial charge in [-0.2, -0.15) is 0 Å². The normalized spacial score (nSPS) is 40.9. The van der Waals surface area contributed by atoms with Crippen LogP contribution in [0.5, 0.6) is 0 Å². The van der Waals surface area contributed by atoms with Crippen molar-refractivity contribution >= 4 is 5.91 Å². The Morgan fingerprint density at radius 3 is 2.73 bits per heavy atom. The Morgan fingerprint density at radius 1 is 1.18 bits per heavy atom. The zero-order chi connectivity index (χ0) is 23.8. The lowest BCUT2D eigenvalue weighted by Gasteiger charge is -2.58. The molecule has 5 heteroatoms. The maximum absolute atomic E-state index is 12.5. The molecular formula is C28H47NO4. The predicted octanol–water partition coefficient (Wildman–Crippen LogP) is 5.38. The van der Waals surface area contributed by atoms with Gasteiger partial charge in [0.1, 0.15) is 0 Å². The number of aliphatic hydroxyl groups is 1. The number of aliphatic hydroxyl groups excluding tert-OH is 1. The van der Waals surface area contributed by atoms with E-state index in [4.69, 9.17) is 9.57 Å². The second-order valence-corrected chi connectivity index (χ2v) is 12.1. The maximum Gasteiger partial charge on any atom is 0.245 e. The van der Waals surface area contributed by atoms with Crippen LogP contribution in [0.4, 0.5) is 0 Å². The maximum atomic E-state index is 12.5. The smallest absolute Gasteiger partial charge is 0.245 e. The van der Waals surface area contributed by atoms with Crippen molar-refractivity contribution in [1.82, 2.24) is 5.06 Å². The molecule has 0 radical (unpaired) electrons. The SMILES string of the molecule is COCCON(C)C(=O)CCC(C)[C@H]1CC[C@H]2[C@@H]3CC=C4C[C@@H](O)CC[C@]4(C)[C@H]3CC[C@]12C. The molecule has 0 aromatic heterocycles. The van der Waals surface area contributed by atoms with Crippen molar-refractivity contribution in [2.75, 3.05) is 27.4 Å². The zero-order valence-corrected chi connectivity index (χ0v) is 21.6. The number of nitrogens with zero attached hydrogens (tertiary/aromatic N) is 1. The number of rotatable bonds is 8. The highest BCUT2D eigenvalue weighted by Gasteiger charge is 2.59. The summed E-state index contributed by atoms with van der Waals surface area (Å²) in [7, 11) is 3.35. The Kier molecular flexibility index (Phi) is 7.62. The Labute approximate surface area is 201 Å². The first kappa shape index (κ1) is 25.2. The van der Waals surface area contributed by atoms with E-state index < -0.39 is 0 Å². The molecule has 0 saturated heterocycles. The van der Waals surface area contributed by atoms with E-state index in [0.717, 1.165) is 43.4 Å². The summed E-state index contributed by atoms with van der Waals surface area (Å²) in [5.41, 5.74) is 2.28. The minimum Gasteiger partial charge on any atom is -0.393 e. The van der Waals surface area contributed by atoms with Gasteiger partial charge in [0, 0.05) is 20.6 Å².